The molecule has 5 heteroatoms. The number of carbonyl (C=O) groups is 2. The quantitative estimate of drug-likeness (QED) is 0.542. The highest BCUT2D eigenvalue weighted by Crippen LogP contribution is 2.43. The van der Waals surface area contributed by atoms with Crippen molar-refractivity contribution in [2.24, 2.45) is 5.92 Å². The number of hydrogen-bond acceptors (Lipinski definition) is 3. The molecule has 140 valence electrons. The van der Waals surface area contributed by atoms with Gasteiger partial charge in [0, 0.05) is 16.5 Å². The Labute approximate surface area is 162 Å². The fourth-order valence-electron chi connectivity index (χ4n) is 3.49. The maximum absolute atomic E-state index is 14.6. The van der Waals surface area contributed by atoms with E-state index in [1.165, 1.54) is 18.2 Å². The van der Waals surface area contributed by atoms with Crippen LogP contribution in [0.25, 0.3) is 5.57 Å². The predicted octanol–water partition coefficient (Wildman–Crippen LogP) is 5.11. The summed E-state index contributed by atoms with van der Waals surface area (Å²) in [7, 11) is 0. The van der Waals surface area contributed by atoms with E-state index < -0.39 is 23.6 Å². The Morgan fingerprint density at radius 1 is 1.22 bits per heavy atom. The van der Waals surface area contributed by atoms with Crippen LogP contribution in [0.5, 0.6) is 0 Å². The van der Waals surface area contributed by atoms with Crippen LogP contribution in [0.3, 0.4) is 0 Å². The number of rotatable bonds is 4. The van der Waals surface area contributed by atoms with Crippen LogP contribution in [-0.2, 0) is 14.3 Å². The van der Waals surface area contributed by atoms with Gasteiger partial charge in [-0.3, -0.25) is 9.59 Å². The Balaban J connectivity index is 2.09. The van der Waals surface area contributed by atoms with Crippen molar-refractivity contribution in [2.75, 3.05) is 6.61 Å². The molecule has 0 aliphatic heterocycles. The molecule has 0 N–H and O–H groups in total. The number of allylic oxidation sites excluding steroid dienone is 2. The molecule has 0 radical (unpaired) electrons. The van der Waals surface area contributed by atoms with Gasteiger partial charge in [-0.1, -0.05) is 47.5 Å². The molecular formula is C22H20ClFO3. The molecule has 2 aromatic rings. The van der Waals surface area contributed by atoms with E-state index in [2.05, 4.69) is 0 Å². The lowest BCUT2D eigenvalue weighted by molar-refractivity contribution is -0.151. The second-order valence-corrected chi connectivity index (χ2v) is 7.02. The van der Waals surface area contributed by atoms with Crippen molar-refractivity contribution in [1.82, 2.24) is 0 Å². The summed E-state index contributed by atoms with van der Waals surface area (Å²) in [5, 5.41) is 0.201. The summed E-state index contributed by atoms with van der Waals surface area (Å²) in [6, 6.07) is 12.1. The van der Waals surface area contributed by atoms with Crippen LogP contribution in [0, 0.1) is 18.7 Å². The van der Waals surface area contributed by atoms with E-state index >= 15 is 0 Å². The lowest BCUT2D eigenvalue weighted by atomic mass is 9.73. The van der Waals surface area contributed by atoms with E-state index in [1.807, 2.05) is 31.2 Å². The minimum Gasteiger partial charge on any atom is -0.465 e. The van der Waals surface area contributed by atoms with Gasteiger partial charge in [-0.2, -0.15) is 0 Å². The molecule has 27 heavy (non-hydrogen) atoms. The highest BCUT2D eigenvalue weighted by molar-refractivity contribution is 6.31. The number of carbonyl (C=O) groups excluding carboxylic acids is 2. The zero-order valence-corrected chi connectivity index (χ0v) is 15.9. The van der Waals surface area contributed by atoms with E-state index in [1.54, 1.807) is 13.0 Å². The molecule has 1 aliphatic rings. The smallest absolute Gasteiger partial charge is 0.317 e. The van der Waals surface area contributed by atoms with Gasteiger partial charge in [-0.05, 0) is 49.6 Å². The van der Waals surface area contributed by atoms with E-state index in [4.69, 9.17) is 16.3 Å². The van der Waals surface area contributed by atoms with E-state index in [0.29, 0.717) is 6.42 Å². The molecule has 0 fully saturated rings. The fraction of sp³-hybridized carbons (Fsp3) is 0.273. The van der Waals surface area contributed by atoms with Crippen LogP contribution < -0.4 is 0 Å². The van der Waals surface area contributed by atoms with Crippen molar-refractivity contribution in [3.05, 3.63) is 76.1 Å². The first kappa shape index (κ1) is 19.3. The first-order valence-corrected chi connectivity index (χ1v) is 9.22. The van der Waals surface area contributed by atoms with E-state index in [9.17, 15) is 14.0 Å². The lowest BCUT2D eigenvalue weighted by Crippen LogP contribution is -2.34. The van der Waals surface area contributed by atoms with Gasteiger partial charge in [-0.15, -0.1) is 0 Å². The second-order valence-electron chi connectivity index (χ2n) is 6.61. The van der Waals surface area contributed by atoms with E-state index in [0.717, 1.165) is 16.7 Å². The third-order valence-corrected chi connectivity index (χ3v) is 5.13. The van der Waals surface area contributed by atoms with Crippen LogP contribution in [0.2, 0.25) is 5.02 Å². The van der Waals surface area contributed by atoms with Crippen LogP contribution >= 0.6 is 11.6 Å². The summed E-state index contributed by atoms with van der Waals surface area (Å²) in [6.45, 7) is 3.79. The maximum Gasteiger partial charge on any atom is 0.317 e. The number of hydrogen-bond donors (Lipinski definition) is 0. The van der Waals surface area contributed by atoms with Gasteiger partial charge in [0.2, 0.25) is 0 Å². The minimum atomic E-state index is -1.10. The molecule has 2 atom stereocenters. The van der Waals surface area contributed by atoms with Crippen molar-refractivity contribution in [3.63, 3.8) is 0 Å². The zero-order chi connectivity index (χ0) is 19.6. The highest BCUT2D eigenvalue weighted by Gasteiger charge is 2.41. The summed E-state index contributed by atoms with van der Waals surface area (Å²) in [5.41, 5.74) is 2.90. The number of ketones is 1. The van der Waals surface area contributed by atoms with Crippen LogP contribution in [0.4, 0.5) is 4.39 Å². The van der Waals surface area contributed by atoms with Crippen LogP contribution in [0.15, 0.2) is 48.5 Å². The zero-order valence-electron chi connectivity index (χ0n) is 15.2. The maximum atomic E-state index is 14.6. The second kappa shape index (κ2) is 8.05. The molecule has 0 aromatic heterocycles. The normalized spacial score (nSPS) is 19.6. The van der Waals surface area contributed by atoms with Gasteiger partial charge in [0.1, 0.15) is 11.7 Å². The van der Waals surface area contributed by atoms with Crippen molar-refractivity contribution in [2.45, 2.75) is 26.2 Å². The monoisotopic (exact) mass is 386 g/mol. The number of halogens is 2. The molecule has 0 heterocycles. The number of ether oxygens (including phenoxy) is 1. The standard InChI is InChI=1S/C22H20ClFO3/c1-3-27-22(26)21-16(20-17(23)5-4-6-18(20)24)11-15(12-19(21)25)14-9-7-13(2)8-10-14/h4-10,12,16,21H,3,11H2,1-2H3. The van der Waals surface area contributed by atoms with Crippen LogP contribution in [0.1, 0.15) is 36.0 Å². The summed E-state index contributed by atoms with van der Waals surface area (Å²) in [4.78, 5) is 25.3. The summed E-state index contributed by atoms with van der Waals surface area (Å²) in [5.74, 6) is -3.38. The predicted molar refractivity (Wildman–Crippen MR) is 103 cm³/mol. The molecule has 0 saturated carbocycles. The molecule has 0 saturated heterocycles. The third kappa shape index (κ3) is 3.96. The van der Waals surface area contributed by atoms with Crippen molar-refractivity contribution < 1.29 is 18.7 Å². The average molecular weight is 387 g/mol. The molecule has 3 nitrogen and oxygen atoms in total. The van der Waals surface area contributed by atoms with Gasteiger partial charge < -0.3 is 4.74 Å². The van der Waals surface area contributed by atoms with Crippen LogP contribution in [-0.4, -0.2) is 18.4 Å². The van der Waals surface area contributed by atoms with Gasteiger partial charge in [0.05, 0.1) is 6.61 Å². The Morgan fingerprint density at radius 2 is 1.93 bits per heavy atom. The average Bonchev–Trinajstić information content (AvgIpc) is 2.62. The lowest BCUT2D eigenvalue weighted by Gasteiger charge is -2.30. The number of aryl methyl sites for hydroxylation is 1. The summed E-state index contributed by atoms with van der Waals surface area (Å²) in [6.07, 6.45) is 1.79. The molecular weight excluding hydrogens is 367 g/mol. The SMILES string of the molecule is CCOC(=O)C1C(=O)C=C(c2ccc(C)cc2)CC1c1c(F)cccc1Cl. The Hall–Kier alpha value is -2.46. The first-order valence-electron chi connectivity index (χ1n) is 8.84. The first-order chi connectivity index (χ1) is 12.9. The fourth-order valence-corrected chi connectivity index (χ4v) is 3.79. The van der Waals surface area contributed by atoms with Gasteiger partial charge in [0.25, 0.3) is 0 Å². The Bertz CT molecular complexity index is 882. The van der Waals surface area contributed by atoms with Gasteiger partial charge in [0.15, 0.2) is 5.78 Å². The summed E-state index contributed by atoms with van der Waals surface area (Å²) >= 11 is 6.25. The van der Waals surface area contributed by atoms with Gasteiger partial charge >= 0.3 is 5.97 Å². The van der Waals surface area contributed by atoms with Crippen molar-refractivity contribution in [1.29, 1.82) is 0 Å². The molecule has 0 bridgehead atoms. The Kier molecular flexibility index (Phi) is 5.76. The minimum absolute atomic E-state index is 0.148. The van der Waals surface area contributed by atoms with Crippen molar-refractivity contribution in [3.8, 4) is 0 Å². The molecule has 1 aliphatic carbocycles. The number of benzene rings is 2. The molecule has 3 rings (SSSR count). The molecule has 2 unspecified atom stereocenters. The molecule has 0 amide bonds. The summed E-state index contributed by atoms with van der Waals surface area (Å²) < 4.78 is 19.7. The molecule has 0 spiro atoms. The number of esters is 1. The van der Waals surface area contributed by atoms with Crippen molar-refractivity contribution >= 4 is 28.9 Å². The Morgan fingerprint density at radius 3 is 2.56 bits per heavy atom. The third-order valence-electron chi connectivity index (χ3n) is 4.80. The topological polar surface area (TPSA) is 43.4 Å². The van der Waals surface area contributed by atoms with Gasteiger partial charge in [-0.25, -0.2) is 4.39 Å². The largest absolute Gasteiger partial charge is 0.465 e. The van der Waals surface area contributed by atoms with E-state index in [-0.39, 0.29) is 23.0 Å². The molecule has 2 aromatic carbocycles. The highest BCUT2D eigenvalue weighted by atomic mass is 35.5.